The summed E-state index contributed by atoms with van der Waals surface area (Å²) in [7, 11) is 0. The lowest BCUT2D eigenvalue weighted by Gasteiger charge is -2.20. The molecule has 0 unspecified atom stereocenters. The van der Waals surface area contributed by atoms with Crippen molar-refractivity contribution in [3.8, 4) is 0 Å². The Balaban J connectivity index is 1.84. The van der Waals surface area contributed by atoms with Crippen LogP contribution in [0.4, 0.5) is 0 Å². The maximum Gasteiger partial charge on any atom is -0.0138 e. The molecule has 0 aromatic carbocycles. The van der Waals surface area contributed by atoms with E-state index in [2.05, 4.69) is 39.8 Å². The average molecular weight is 204 g/mol. The minimum absolute atomic E-state index is 0.708. The van der Waals surface area contributed by atoms with Gasteiger partial charge in [0.1, 0.15) is 0 Å². The highest BCUT2D eigenvalue weighted by Crippen LogP contribution is 2.67. The molecule has 0 radical (unpaired) electrons. The van der Waals surface area contributed by atoms with Crippen molar-refractivity contribution >= 4 is 0 Å². The molecule has 0 aromatic heterocycles. The Morgan fingerprint density at radius 1 is 1.60 bits per heavy atom. The van der Waals surface area contributed by atoms with Crippen LogP contribution in [0.2, 0.25) is 0 Å². The van der Waals surface area contributed by atoms with Crippen LogP contribution in [-0.2, 0) is 0 Å². The van der Waals surface area contributed by atoms with Crippen molar-refractivity contribution in [2.75, 3.05) is 0 Å². The number of fused-ring (bicyclic) bond motifs is 1. The molecule has 0 heteroatoms. The summed E-state index contributed by atoms with van der Waals surface area (Å²) in [6.45, 7) is 9.18. The second-order valence-electron chi connectivity index (χ2n) is 5.90. The molecule has 2 aliphatic rings. The molecule has 3 atom stereocenters. The van der Waals surface area contributed by atoms with Crippen molar-refractivity contribution < 1.29 is 0 Å². The SMILES string of the molecule is CC(C)=CCC[C@@H](C)[C@]12CC=C(C)[C@H]1C2. The largest absolute Gasteiger partial charge is 0.0859 e. The summed E-state index contributed by atoms with van der Waals surface area (Å²) in [6, 6.07) is 0. The molecular weight excluding hydrogens is 180 g/mol. The molecule has 0 aliphatic heterocycles. The van der Waals surface area contributed by atoms with Gasteiger partial charge in [0.15, 0.2) is 0 Å². The molecule has 0 bridgehead atoms. The standard InChI is InChI=1S/C15H24/c1-11(2)6-5-7-13(4)15-9-8-12(3)14(15)10-15/h6,8,13-14H,5,7,9-10H2,1-4H3/t13-,14-,15-/m1/s1. The quantitative estimate of drug-likeness (QED) is 0.581. The van der Waals surface area contributed by atoms with Crippen LogP contribution in [0.1, 0.15) is 53.4 Å². The molecule has 1 saturated carbocycles. The lowest BCUT2D eigenvalue weighted by molar-refractivity contribution is 0.309. The maximum absolute atomic E-state index is 2.48. The Morgan fingerprint density at radius 3 is 2.80 bits per heavy atom. The molecule has 0 spiro atoms. The van der Waals surface area contributed by atoms with Crippen molar-refractivity contribution in [3.05, 3.63) is 23.3 Å². The van der Waals surface area contributed by atoms with E-state index in [0.29, 0.717) is 5.41 Å². The van der Waals surface area contributed by atoms with Gasteiger partial charge in [0, 0.05) is 0 Å². The zero-order valence-corrected chi connectivity index (χ0v) is 10.6. The van der Waals surface area contributed by atoms with Gasteiger partial charge in [-0.2, -0.15) is 0 Å². The molecule has 0 heterocycles. The molecule has 0 N–H and O–H groups in total. The third-order valence-electron chi connectivity index (χ3n) is 4.61. The van der Waals surface area contributed by atoms with E-state index in [1.165, 1.54) is 31.3 Å². The Hall–Kier alpha value is -0.520. The van der Waals surface area contributed by atoms with Crippen LogP contribution in [0.3, 0.4) is 0 Å². The van der Waals surface area contributed by atoms with Gasteiger partial charge in [0.2, 0.25) is 0 Å². The molecule has 2 rings (SSSR count). The zero-order valence-electron chi connectivity index (χ0n) is 10.6. The summed E-state index contributed by atoms with van der Waals surface area (Å²) in [5, 5.41) is 0. The van der Waals surface area contributed by atoms with Crippen LogP contribution in [0.25, 0.3) is 0 Å². The fourth-order valence-corrected chi connectivity index (χ4v) is 3.31. The molecule has 0 nitrogen and oxygen atoms in total. The summed E-state index contributed by atoms with van der Waals surface area (Å²) in [4.78, 5) is 0. The van der Waals surface area contributed by atoms with E-state index in [1.54, 1.807) is 5.57 Å². The number of hydrogen-bond acceptors (Lipinski definition) is 0. The van der Waals surface area contributed by atoms with Gasteiger partial charge in [-0.25, -0.2) is 0 Å². The van der Waals surface area contributed by atoms with Gasteiger partial charge >= 0.3 is 0 Å². The van der Waals surface area contributed by atoms with E-state index in [4.69, 9.17) is 0 Å². The van der Waals surface area contributed by atoms with Gasteiger partial charge in [-0.1, -0.05) is 30.2 Å². The molecule has 2 aliphatic carbocycles. The van der Waals surface area contributed by atoms with Gasteiger partial charge < -0.3 is 0 Å². The average Bonchev–Trinajstić information content (AvgIpc) is 2.82. The first-order chi connectivity index (χ1) is 7.06. The first-order valence-electron chi connectivity index (χ1n) is 6.36. The highest BCUT2D eigenvalue weighted by Gasteiger charge is 2.59. The van der Waals surface area contributed by atoms with E-state index in [-0.39, 0.29) is 0 Å². The van der Waals surface area contributed by atoms with E-state index >= 15 is 0 Å². The second-order valence-corrected chi connectivity index (χ2v) is 5.90. The first kappa shape index (κ1) is 11.0. The molecule has 15 heavy (non-hydrogen) atoms. The van der Waals surface area contributed by atoms with Crippen molar-refractivity contribution in [3.63, 3.8) is 0 Å². The van der Waals surface area contributed by atoms with Gasteiger partial charge in [0.25, 0.3) is 0 Å². The van der Waals surface area contributed by atoms with E-state index in [1.807, 2.05) is 0 Å². The molecule has 0 aromatic rings. The Morgan fingerprint density at radius 2 is 2.33 bits per heavy atom. The number of hydrogen-bond donors (Lipinski definition) is 0. The van der Waals surface area contributed by atoms with Gasteiger partial charge in [-0.3, -0.25) is 0 Å². The number of allylic oxidation sites excluding steroid dienone is 4. The minimum Gasteiger partial charge on any atom is -0.0859 e. The summed E-state index contributed by atoms with van der Waals surface area (Å²) in [5.74, 6) is 1.87. The summed E-state index contributed by atoms with van der Waals surface area (Å²) in [6.07, 6.45) is 10.4. The van der Waals surface area contributed by atoms with E-state index in [0.717, 1.165) is 11.8 Å². The summed E-state index contributed by atoms with van der Waals surface area (Å²) in [5.41, 5.74) is 3.84. The molecule has 84 valence electrons. The lowest BCUT2D eigenvalue weighted by atomic mass is 9.84. The zero-order chi connectivity index (χ0) is 11.1. The maximum atomic E-state index is 2.48. The van der Waals surface area contributed by atoms with Crippen LogP contribution in [0, 0.1) is 17.3 Å². The predicted octanol–water partition coefficient (Wildman–Crippen LogP) is 4.73. The first-order valence-corrected chi connectivity index (χ1v) is 6.36. The Kier molecular flexibility index (Phi) is 2.79. The summed E-state index contributed by atoms with van der Waals surface area (Å²) < 4.78 is 0. The van der Waals surface area contributed by atoms with Crippen LogP contribution < -0.4 is 0 Å². The fourth-order valence-electron chi connectivity index (χ4n) is 3.31. The summed E-state index contributed by atoms with van der Waals surface area (Å²) >= 11 is 0. The van der Waals surface area contributed by atoms with Crippen LogP contribution >= 0.6 is 0 Å². The van der Waals surface area contributed by atoms with Gasteiger partial charge in [-0.15, -0.1) is 0 Å². The molecular formula is C15H24. The normalized spacial score (nSPS) is 34.4. The van der Waals surface area contributed by atoms with Crippen molar-refractivity contribution in [2.45, 2.75) is 53.4 Å². The third-order valence-corrected chi connectivity index (χ3v) is 4.61. The highest BCUT2D eigenvalue weighted by molar-refractivity contribution is 5.29. The third kappa shape index (κ3) is 1.91. The van der Waals surface area contributed by atoms with Gasteiger partial charge in [-0.05, 0) is 63.7 Å². The van der Waals surface area contributed by atoms with E-state index in [9.17, 15) is 0 Å². The van der Waals surface area contributed by atoms with Crippen molar-refractivity contribution in [2.24, 2.45) is 17.3 Å². The molecule has 0 amide bonds. The fraction of sp³-hybridized carbons (Fsp3) is 0.733. The van der Waals surface area contributed by atoms with Crippen LogP contribution in [0.5, 0.6) is 0 Å². The second kappa shape index (κ2) is 3.81. The predicted molar refractivity (Wildman–Crippen MR) is 66.7 cm³/mol. The van der Waals surface area contributed by atoms with Crippen LogP contribution in [0.15, 0.2) is 23.3 Å². The van der Waals surface area contributed by atoms with Crippen molar-refractivity contribution in [1.82, 2.24) is 0 Å². The Labute approximate surface area is 94.5 Å². The van der Waals surface area contributed by atoms with Crippen molar-refractivity contribution in [1.29, 1.82) is 0 Å². The van der Waals surface area contributed by atoms with Crippen LogP contribution in [-0.4, -0.2) is 0 Å². The molecule has 1 fully saturated rings. The van der Waals surface area contributed by atoms with Gasteiger partial charge in [0.05, 0.1) is 0 Å². The lowest BCUT2D eigenvalue weighted by Crippen LogP contribution is -2.12. The topological polar surface area (TPSA) is 0 Å². The monoisotopic (exact) mass is 204 g/mol. The minimum atomic E-state index is 0.708. The molecule has 0 saturated heterocycles. The van der Waals surface area contributed by atoms with E-state index < -0.39 is 0 Å². The number of rotatable bonds is 4. The smallest absolute Gasteiger partial charge is 0.0138 e. The Bertz CT molecular complexity index is 304. The highest BCUT2D eigenvalue weighted by atomic mass is 14.6.